The molecule has 0 saturated heterocycles. The maximum Gasteiger partial charge on any atom is 0.192 e. The molecule has 6 heteroatoms. The van der Waals surface area contributed by atoms with Gasteiger partial charge in [0.2, 0.25) is 0 Å². The minimum atomic E-state index is -1.98. The summed E-state index contributed by atoms with van der Waals surface area (Å²) < 4.78 is 18.1. The highest BCUT2D eigenvalue weighted by Gasteiger charge is 2.40. The Bertz CT molecular complexity index is 554. The molecule has 1 heterocycles. The standard InChI is InChI=1S/C20H34O5Si/c1-9-15-10-19(24-14(2)3)25-18(17(15)11-16(22)12-21)13-23-26(7,8)20(4,5)6/h1,10,14,17-19,21H,11-13H2,2-8H3/t17-,18+,19-/m0/s1. The van der Waals surface area contributed by atoms with Crippen LogP contribution in [0.25, 0.3) is 0 Å². The van der Waals surface area contributed by atoms with Crippen molar-refractivity contribution in [1.82, 2.24) is 0 Å². The molecule has 1 rings (SSSR count). The van der Waals surface area contributed by atoms with E-state index in [9.17, 15) is 4.79 Å². The molecule has 0 saturated carbocycles. The Morgan fingerprint density at radius 2 is 2.04 bits per heavy atom. The van der Waals surface area contributed by atoms with E-state index in [0.717, 1.165) is 0 Å². The number of ketones is 1. The van der Waals surface area contributed by atoms with E-state index >= 15 is 0 Å². The third kappa shape index (κ3) is 6.33. The van der Waals surface area contributed by atoms with Gasteiger partial charge in [-0.15, -0.1) is 6.42 Å². The van der Waals surface area contributed by atoms with Crippen LogP contribution >= 0.6 is 0 Å². The number of ether oxygens (including phenoxy) is 2. The van der Waals surface area contributed by atoms with Gasteiger partial charge < -0.3 is 19.0 Å². The fourth-order valence-corrected chi connectivity index (χ4v) is 3.50. The molecule has 0 unspecified atom stereocenters. The molecule has 0 spiro atoms. The van der Waals surface area contributed by atoms with Crippen molar-refractivity contribution in [2.24, 2.45) is 5.92 Å². The molecule has 0 amide bonds. The second-order valence-electron chi connectivity index (χ2n) is 8.57. The second kappa shape index (κ2) is 9.29. The zero-order valence-corrected chi connectivity index (χ0v) is 18.2. The summed E-state index contributed by atoms with van der Waals surface area (Å²) >= 11 is 0. The van der Waals surface area contributed by atoms with E-state index in [2.05, 4.69) is 39.8 Å². The Balaban J connectivity index is 3.03. The van der Waals surface area contributed by atoms with Crippen molar-refractivity contribution >= 4 is 14.1 Å². The first-order valence-electron chi connectivity index (χ1n) is 9.17. The van der Waals surface area contributed by atoms with Crippen molar-refractivity contribution < 1.29 is 23.8 Å². The van der Waals surface area contributed by atoms with E-state index in [1.807, 2.05) is 13.8 Å². The average Bonchev–Trinajstić information content (AvgIpc) is 2.52. The Morgan fingerprint density at radius 1 is 1.42 bits per heavy atom. The smallest absolute Gasteiger partial charge is 0.192 e. The third-order valence-electron chi connectivity index (χ3n) is 5.08. The van der Waals surface area contributed by atoms with Crippen LogP contribution in [-0.4, -0.2) is 50.9 Å². The maximum absolute atomic E-state index is 11.8. The molecule has 0 fully saturated rings. The summed E-state index contributed by atoms with van der Waals surface area (Å²) in [5.74, 6) is 2.09. The van der Waals surface area contributed by atoms with E-state index < -0.39 is 21.2 Å². The van der Waals surface area contributed by atoms with Gasteiger partial charge in [-0.05, 0) is 38.1 Å². The monoisotopic (exact) mass is 382 g/mol. The molecule has 0 aliphatic carbocycles. The van der Waals surface area contributed by atoms with E-state index in [-0.39, 0.29) is 35.4 Å². The maximum atomic E-state index is 11.8. The predicted octanol–water partition coefficient (Wildman–Crippen LogP) is 3.29. The molecule has 0 bridgehead atoms. The number of carbonyl (C=O) groups excluding carboxylic acids is 1. The molecule has 5 nitrogen and oxygen atoms in total. The fraction of sp³-hybridized carbons (Fsp3) is 0.750. The first kappa shape index (κ1) is 23.1. The molecule has 148 valence electrons. The number of hydrogen-bond donors (Lipinski definition) is 1. The van der Waals surface area contributed by atoms with Crippen LogP contribution in [0, 0.1) is 18.3 Å². The van der Waals surface area contributed by atoms with Gasteiger partial charge in [0.25, 0.3) is 0 Å². The largest absolute Gasteiger partial charge is 0.414 e. The topological polar surface area (TPSA) is 65.0 Å². The lowest BCUT2D eigenvalue weighted by molar-refractivity contribution is -0.185. The zero-order chi connectivity index (χ0) is 20.1. The molecule has 0 radical (unpaired) electrons. The van der Waals surface area contributed by atoms with Crippen LogP contribution in [-0.2, 0) is 18.7 Å². The van der Waals surface area contributed by atoms with Crippen molar-refractivity contribution in [1.29, 1.82) is 0 Å². The number of carbonyl (C=O) groups is 1. The van der Waals surface area contributed by atoms with Crippen LogP contribution in [0.5, 0.6) is 0 Å². The van der Waals surface area contributed by atoms with Gasteiger partial charge in [-0.2, -0.15) is 0 Å². The van der Waals surface area contributed by atoms with Gasteiger partial charge in [0, 0.05) is 17.9 Å². The highest BCUT2D eigenvalue weighted by molar-refractivity contribution is 6.74. The fourth-order valence-electron chi connectivity index (χ4n) is 2.49. The van der Waals surface area contributed by atoms with Crippen LogP contribution in [0.4, 0.5) is 0 Å². The molecular weight excluding hydrogens is 348 g/mol. The first-order chi connectivity index (χ1) is 11.9. The molecule has 1 aliphatic rings. The quantitative estimate of drug-likeness (QED) is 0.515. The second-order valence-corrected chi connectivity index (χ2v) is 13.4. The predicted molar refractivity (Wildman–Crippen MR) is 105 cm³/mol. The highest BCUT2D eigenvalue weighted by Crippen LogP contribution is 2.38. The summed E-state index contributed by atoms with van der Waals surface area (Å²) in [6.45, 7) is 14.5. The number of aliphatic hydroxyl groups excluding tert-OH is 1. The molecule has 0 aromatic carbocycles. The van der Waals surface area contributed by atoms with Crippen LogP contribution in [0.1, 0.15) is 41.0 Å². The van der Waals surface area contributed by atoms with Crippen LogP contribution in [0.15, 0.2) is 11.6 Å². The van der Waals surface area contributed by atoms with Crippen LogP contribution < -0.4 is 0 Å². The molecular formula is C20H34O5Si. The van der Waals surface area contributed by atoms with E-state index in [1.54, 1.807) is 6.08 Å². The number of terminal acetylenes is 1. The van der Waals surface area contributed by atoms with Gasteiger partial charge in [-0.3, -0.25) is 4.79 Å². The van der Waals surface area contributed by atoms with Gasteiger partial charge in [-0.1, -0.05) is 26.7 Å². The Morgan fingerprint density at radius 3 is 2.50 bits per heavy atom. The van der Waals surface area contributed by atoms with Crippen molar-refractivity contribution in [2.45, 2.75) is 77.7 Å². The van der Waals surface area contributed by atoms with Crippen molar-refractivity contribution in [2.75, 3.05) is 13.2 Å². The summed E-state index contributed by atoms with van der Waals surface area (Å²) in [5, 5.41) is 9.20. The lowest BCUT2D eigenvalue weighted by Gasteiger charge is -2.40. The number of hydrogen-bond acceptors (Lipinski definition) is 5. The Labute approximate surface area is 159 Å². The molecule has 1 N–H and O–H groups in total. The first-order valence-corrected chi connectivity index (χ1v) is 12.1. The lowest BCUT2D eigenvalue weighted by atomic mass is 9.87. The van der Waals surface area contributed by atoms with E-state index in [0.29, 0.717) is 12.2 Å². The molecule has 0 aromatic heterocycles. The lowest BCUT2D eigenvalue weighted by Crippen LogP contribution is -2.46. The van der Waals surface area contributed by atoms with Crippen molar-refractivity contribution in [3.63, 3.8) is 0 Å². The highest BCUT2D eigenvalue weighted by atomic mass is 28.4. The molecule has 1 aliphatic heterocycles. The zero-order valence-electron chi connectivity index (χ0n) is 17.2. The summed E-state index contributed by atoms with van der Waals surface area (Å²) in [7, 11) is -1.98. The third-order valence-corrected chi connectivity index (χ3v) is 9.59. The number of aliphatic hydroxyl groups is 1. The molecule has 0 aromatic rings. The molecule has 26 heavy (non-hydrogen) atoms. The van der Waals surface area contributed by atoms with Crippen molar-refractivity contribution in [3.8, 4) is 12.3 Å². The summed E-state index contributed by atoms with van der Waals surface area (Å²) in [6.07, 6.45) is 6.59. The summed E-state index contributed by atoms with van der Waals surface area (Å²) in [5.41, 5.74) is 0.674. The van der Waals surface area contributed by atoms with Gasteiger partial charge >= 0.3 is 0 Å². The average molecular weight is 383 g/mol. The Kier molecular flexibility index (Phi) is 8.24. The van der Waals surface area contributed by atoms with E-state index in [1.165, 1.54) is 0 Å². The Hall–Kier alpha value is -0.973. The summed E-state index contributed by atoms with van der Waals surface area (Å²) in [4.78, 5) is 11.8. The van der Waals surface area contributed by atoms with Crippen LogP contribution in [0.2, 0.25) is 18.1 Å². The van der Waals surface area contributed by atoms with Gasteiger partial charge in [-0.25, -0.2) is 0 Å². The normalized spacial score (nSPS) is 24.3. The molecule has 3 atom stereocenters. The number of rotatable bonds is 8. The SMILES string of the molecule is C#CC1=C[C@@H](OC(C)C)O[C@H](CO[Si](C)(C)C(C)(C)C)[C@H]1CC(=O)CO. The van der Waals surface area contributed by atoms with Crippen molar-refractivity contribution in [3.05, 3.63) is 11.6 Å². The van der Waals surface area contributed by atoms with Gasteiger partial charge in [0.15, 0.2) is 20.4 Å². The van der Waals surface area contributed by atoms with Gasteiger partial charge in [0.1, 0.15) is 6.61 Å². The minimum absolute atomic E-state index is 0.0205. The van der Waals surface area contributed by atoms with Crippen LogP contribution in [0.3, 0.4) is 0 Å². The van der Waals surface area contributed by atoms with E-state index in [4.69, 9.17) is 25.4 Å². The number of Topliss-reactive ketones (excluding diaryl/α,β-unsaturated/α-hetero) is 1. The minimum Gasteiger partial charge on any atom is -0.414 e. The van der Waals surface area contributed by atoms with Gasteiger partial charge in [0.05, 0.1) is 18.8 Å². The summed E-state index contributed by atoms with van der Waals surface area (Å²) in [6, 6.07) is 0.